The van der Waals surface area contributed by atoms with Crippen molar-refractivity contribution < 1.29 is 4.74 Å². The molecule has 0 bridgehead atoms. The second kappa shape index (κ2) is 5.19. The van der Waals surface area contributed by atoms with Gasteiger partial charge in [0, 0.05) is 12.6 Å². The van der Waals surface area contributed by atoms with Gasteiger partial charge in [-0.25, -0.2) is 0 Å². The van der Waals surface area contributed by atoms with Gasteiger partial charge in [0.1, 0.15) is 11.6 Å². The summed E-state index contributed by atoms with van der Waals surface area (Å²) in [5.74, 6) is 1.54. The van der Waals surface area contributed by atoms with E-state index in [9.17, 15) is 0 Å². The van der Waals surface area contributed by atoms with Gasteiger partial charge in [0.25, 0.3) is 0 Å². The molecule has 0 unspecified atom stereocenters. The van der Waals surface area contributed by atoms with Crippen LogP contribution in [0.2, 0.25) is 0 Å². The summed E-state index contributed by atoms with van der Waals surface area (Å²) in [6.45, 7) is 6.61. The molecule has 2 rings (SSSR count). The van der Waals surface area contributed by atoms with Gasteiger partial charge < -0.3 is 10.5 Å². The van der Waals surface area contributed by atoms with Crippen LogP contribution in [-0.2, 0) is 13.5 Å². The number of methoxy groups -OCH3 is 1. The van der Waals surface area contributed by atoms with Crippen molar-refractivity contribution in [3.63, 3.8) is 0 Å². The third-order valence-corrected chi connectivity index (χ3v) is 3.24. The van der Waals surface area contributed by atoms with Gasteiger partial charge in [-0.1, -0.05) is 32.9 Å². The monoisotopic (exact) mass is 273 g/mol. The number of nitrogens with zero attached hydrogens (tertiary/aromatic N) is 2. The summed E-state index contributed by atoms with van der Waals surface area (Å²) in [7, 11) is 3.55. The molecule has 0 amide bonds. The van der Waals surface area contributed by atoms with Gasteiger partial charge in [-0.3, -0.25) is 4.68 Å². The molecule has 1 aromatic carbocycles. The highest BCUT2D eigenvalue weighted by Gasteiger charge is 2.21. The number of nitrogens with two attached hydrogens (primary N) is 1. The van der Waals surface area contributed by atoms with Crippen LogP contribution in [0.5, 0.6) is 5.75 Å². The number of aryl methyl sites for hydroxylation is 1. The number of ether oxygens (including phenoxy) is 1. The fourth-order valence-electron chi connectivity index (χ4n) is 2.29. The highest BCUT2D eigenvalue weighted by molar-refractivity contribution is 5.77. The van der Waals surface area contributed by atoms with Crippen molar-refractivity contribution in [2.75, 3.05) is 12.8 Å². The van der Waals surface area contributed by atoms with Crippen molar-refractivity contribution in [1.29, 1.82) is 0 Å². The Morgan fingerprint density at radius 3 is 2.30 bits per heavy atom. The van der Waals surface area contributed by atoms with Crippen molar-refractivity contribution in [3.05, 3.63) is 30.0 Å². The number of aromatic nitrogens is 2. The Bertz CT molecular complexity index is 591. The number of nitrogen functional groups attached to an aromatic ring is 1. The second-order valence-electron chi connectivity index (χ2n) is 6.30. The first-order chi connectivity index (χ1) is 9.31. The zero-order chi connectivity index (χ0) is 14.9. The summed E-state index contributed by atoms with van der Waals surface area (Å²) in [4.78, 5) is 0. The second-order valence-corrected chi connectivity index (χ2v) is 6.30. The maximum atomic E-state index is 6.19. The smallest absolute Gasteiger partial charge is 0.129 e. The van der Waals surface area contributed by atoms with Crippen LogP contribution < -0.4 is 10.5 Å². The van der Waals surface area contributed by atoms with E-state index in [2.05, 4.69) is 25.9 Å². The first-order valence-corrected chi connectivity index (χ1v) is 6.77. The Kier molecular flexibility index (Phi) is 3.75. The summed E-state index contributed by atoms with van der Waals surface area (Å²) < 4.78 is 6.95. The molecule has 0 aliphatic carbocycles. The van der Waals surface area contributed by atoms with Crippen molar-refractivity contribution in [2.45, 2.75) is 27.2 Å². The van der Waals surface area contributed by atoms with E-state index < -0.39 is 0 Å². The molecule has 0 aliphatic rings. The third kappa shape index (κ3) is 2.95. The standard InChI is InChI=1S/C16H23N3O/c1-16(2,3)10-13-14(15(17)19(4)18-13)11-6-8-12(20-5)9-7-11/h6-9H,10,17H2,1-5H3. The summed E-state index contributed by atoms with van der Waals surface area (Å²) in [6.07, 6.45) is 0.888. The molecule has 1 heterocycles. The zero-order valence-corrected chi connectivity index (χ0v) is 12.9. The SMILES string of the molecule is COc1ccc(-c2c(CC(C)(C)C)nn(C)c2N)cc1. The summed E-state index contributed by atoms with van der Waals surface area (Å²) in [6, 6.07) is 7.95. The van der Waals surface area contributed by atoms with E-state index >= 15 is 0 Å². The maximum Gasteiger partial charge on any atom is 0.129 e. The molecule has 4 heteroatoms. The lowest BCUT2D eigenvalue weighted by Crippen LogP contribution is -2.10. The van der Waals surface area contributed by atoms with Gasteiger partial charge in [0.2, 0.25) is 0 Å². The van der Waals surface area contributed by atoms with Crippen LogP contribution >= 0.6 is 0 Å². The average Bonchev–Trinajstić information content (AvgIpc) is 2.63. The first-order valence-electron chi connectivity index (χ1n) is 6.77. The predicted molar refractivity (Wildman–Crippen MR) is 82.8 cm³/mol. The lowest BCUT2D eigenvalue weighted by molar-refractivity contribution is 0.405. The van der Waals surface area contributed by atoms with E-state index in [0.29, 0.717) is 5.82 Å². The Hall–Kier alpha value is -1.97. The van der Waals surface area contributed by atoms with Gasteiger partial charge >= 0.3 is 0 Å². The Balaban J connectivity index is 2.48. The van der Waals surface area contributed by atoms with Gasteiger partial charge in [0.05, 0.1) is 12.8 Å². The Labute approximate surface area is 120 Å². The number of anilines is 1. The van der Waals surface area contributed by atoms with E-state index in [1.165, 1.54) is 0 Å². The highest BCUT2D eigenvalue weighted by Crippen LogP contribution is 2.34. The molecular formula is C16H23N3O. The minimum absolute atomic E-state index is 0.169. The Morgan fingerprint density at radius 2 is 1.80 bits per heavy atom. The van der Waals surface area contributed by atoms with E-state index in [1.54, 1.807) is 11.8 Å². The maximum absolute atomic E-state index is 6.19. The van der Waals surface area contributed by atoms with Crippen LogP contribution in [0.15, 0.2) is 24.3 Å². The quantitative estimate of drug-likeness (QED) is 0.933. The number of benzene rings is 1. The van der Waals surface area contributed by atoms with Crippen LogP contribution in [0.25, 0.3) is 11.1 Å². The summed E-state index contributed by atoms with van der Waals surface area (Å²) in [5, 5.41) is 4.57. The molecular weight excluding hydrogens is 250 g/mol. The number of rotatable bonds is 3. The molecule has 0 saturated heterocycles. The minimum atomic E-state index is 0.169. The van der Waals surface area contributed by atoms with Crippen LogP contribution in [0, 0.1) is 5.41 Å². The zero-order valence-electron chi connectivity index (χ0n) is 12.9. The van der Waals surface area contributed by atoms with Gasteiger partial charge in [-0.2, -0.15) is 5.10 Å². The molecule has 0 saturated carbocycles. The minimum Gasteiger partial charge on any atom is -0.497 e. The molecule has 0 radical (unpaired) electrons. The molecule has 4 nitrogen and oxygen atoms in total. The fraction of sp³-hybridized carbons (Fsp3) is 0.438. The molecule has 0 atom stereocenters. The predicted octanol–water partition coefficient (Wildman–Crippen LogP) is 3.27. The topological polar surface area (TPSA) is 53.1 Å². The van der Waals surface area contributed by atoms with Crippen molar-refractivity contribution >= 4 is 5.82 Å². The van der Waals surface area contributed by atoms with Gasteiger partial charge in [0.15, 0.2) is 0 Å². The largest absolute Gasteiger partial charge is 0.497 e. The molecule has 0 fully saturated rings. The average molecular weight is 273 g/mol. The van der Waals surface area contributed by atoms with E-state index in [1.807, 2.05) is 31.3 Å². The van der Waals surface area contributed by atoms with Crippen LogP contribution in [0.3, 0.4) is 0 Å². The molecule has 2 N–H and O–H groups in total. The van der Waals surface area contributed by atoms with Crippen molar-refractivity contribution in [2.24, 2.45) is 12.5 Å². The normalized spacial score (nSPS) is 11.7. The van der Waals surface area contributed by atoms with E-state index in [-0.39, 0.29) is 5.41 Å². The number of hydrogen-bond donors (Lipinski definition) is 1. The molecule has 0 aliphatic heterocycles. The van der Waals surface area contributed by atoms with E-state index in [0.717, 1.165) is 29.0 Å². The van der Waals surface area contributed by atoms with Crippen LogP contribution in [0.4, 0.5) is 5.82 Å². The van der Waals surface area contributed by atoms with Crippen molar-refractivity contribution in [1.82, 2.24) is 9.78 Å². The molecule has 0 spiro atoms. The fourth-order valence-corrected chi connectivity index (χ4v) is 2.29. The lowest BCUT2D eigenvalue weighted by atomic mass is 9.88. The molecule has 2 aromatic rings. The highest BCUT2D eigenvalue weighted by atomic mass is 16.5. The van der Waals surface area contributed by atoms with Crippen molar-refractivity contribution in [3.8, 4) is 16.9 Å². The number of hydrogen-bond acceptors (Lipinski definition) is 3. The lowest BCUT2D eigenvalue weighted by Gasteiger charge is -2.17. The molecule has 108 valence electrons. The van der Waals surface area contributed by atoms with E-state index in [4.69, 9.17) is 10.5 Å². The van der Waals surface area contributed by atoms with Gasteiger partial charge in [-0.15, -0.1) is 0 Å². The Morgan fingerprint density at radius 1 is 1.20 bits per heavy atom. The van der Waals surface area contributed by atoms with Crippen LogP contribution in [-0.4, -0.2) is 16.9 Å². The summed E-state index contributed by atoms with van der Waals surface area (Å²) in [5.41, 5.74) is 9.52. The van der Waals surface area contributed by atoms with Gasteiger partial charge in [-0.05, 0) is 29.5 Å². The first kappa shape index (κ1) is 14.4. The molecule has 1 aromatic heterocycles. The van der Waals surface area contributed by atoms with Crippen LogP contribution in [0.1, 0.15) is 26.5 Å². The third-order valence-electron chi connectivity index (χ3n) is 3.24. The molecule has 20 heavy (non-hydrogen) atoms. The summed E-state index contributed by atoms with van der Waals surface area (Å²) >= 11 is 0.